The van der Waals surface area contributed by atoms with Crippen LogP contribution in [0.1, 0.15) is 136 Å². The van der Waals surface area contributed by atoms with Crippen molar-refractivity contribution in [1.29, 1.82) is 0 Å². The number of halogens is 1. The first-order valence-corrected chi connectivity index (χ1v) is 33.8. The lowest BCUT2D eigenvalue weighted by molar-refractivity contribution is -0.292. The summed E-state index contributed by atoms with van der Waals surface area (Å²) in [5.74, 6) is -5.84. The van der Waals surface area contributed by atoms with Gasteiger partial charge in [-0.15, -0.1) is 0 Å². The summed E-state index contributed by atoms with van der Waals surface area (Å²) in [5, 5.41) is 56.4. The highest BCUT2D eigenvalue weighted by Gasteiger charge is 2.55. The Balaban J connectivity index is 0.838. The smallest absolute Gasteiger partial charge is 0.407 e. The number of aliphatic hydroxyl groups is 1. The number of amides is 7. The molecule has 96 heavy (non-hydrogen) atoms. The molecule has 0 aromatic heterocycles. The highest BCUT2D eigenvalue weighted by Crippen LogP contribution is 2.56. The zero-order valence-corrected chi connectivity index (χ0v) is 56.3. The third-order valence-corrected chi connectivity index (χ3v) is 20.0. The minimum atomic E-state index is -3.96. The Labute approximate surface area is 561 Å². The van der Waals surface area contributed by atoms with Crippen LogP contribution >= 0.6 is 11.6 Å². The molecule has 32 heteroatoms. The van der Waals surface area contributed by atoms with Crippen LogP contribution in [0.5, 0.6) is 11.5 Å². The van der Waals surface area contributed by atoms with Crippen molar-refractivity contribution >= 4 is 74.6 Å². The molecular formula is C64H88ClN9O21S. The largest absolute Gasteiger partial charge is 0.507 e. The maximum atomic E-state index is 14.6. The van der Waals surface area contributed by atoms with Crippen LogP contribution in [0.4, 0.5) is 15.3 Å². The number of nitrogens with two attached hydrogens (primary N) is 1. The van der Waals surface area contributed by atoms with Crippen LogP contribution in [0, 0.1) is 17.3 Å². The fourth-order valence-electron chi connectivity index (χ4n) is 12.7. The predicted molar refractivity (Wildman–Crippen MR) is 344 cm³/mol. The number of allylic oxidation sites excluding steroid dienone is 3. The number of Topliss-reactive ketones (excluding diaryl/α,β-unsaturated/α-hetero) is 2. The van der Waals surface area contributed by atoms with Crippen molar-refractivity contribution in [3.05, 3.63) is 86.0 Å². The minimum Gasteiger partial charge on any atom is -0.507 e. The highest BCUT2D eigenvalue weighted by molar-refractivity contribution is 7.95. The Morgan fingerprint density at radius 3 is 2.33 bits per heavy atom. The van der Waals surface area contributed by atoms with Gasteiger partial charge in [0, 0.05) is 88.6 Å². The van der Waals surface area contributed by atoms with Crippen molar-refractivity contribution in [2.45, 2.75) is 160 Å². The topological polar surface area (TPSA) is 419 Å². The third kappa shape index (κ3) is 17.3. The number of primary amides is 1. The van der Waals surface area contributed by atoms with E-state index in [1.54, 1.807) is 43.3 Å². The number of hydrogen-bond acceptors (Lipinski definition) is 23. The summed E-state index contributed by atoms with van der Waals surface area (Å²) >= 11 is 5.67. The van der Waals surface area contributed by atoms with Crippen molar-refractivity contribution < 1.29 is 100.0 Å². The predicted octanol–water partition coefficient (Wildman–Crippen LogP) is 3.47. The third-order valence-electron chi connectivity index (χ3n) is 17.8. The van der Waals surface area contributed by atoms with Crippen molar-refractivity contribution in [1.82, 2.24) is 36.2 Å². The molecule has 12 N–H and O–H groups in total. The first kappa shape index (κ1) is 74.5. The number of phenolic OH excluding ortho intramolecular Hbond substituents is 2. The van der Waals surface area contributed by atoms with Gasteiger partial charge in [0.15, 0.2) is 34.7 Å². The van der Waals surface area contributed by atoms with Gasteiger partial charge in [-0.1, -0.05) is 63.4 Å². The monoisotopic (exact) mass is 1390 g/mol. The summed E-state index contributed by atoms with van der Waals surface area (Å²) in [6, 6.07) is 3.73. The van der Waals surface area contributed by atoms with Gasteiger partial charge in [0.25, 0.3) is 21.8 Å². The molecule has 3 aliphatic heterocycles. The van der Waals surface area contributed by atoms with Gasteiger partial charge >= 0.3 is 12.1 Å². The van der Waals surface area contributed by atoms with Crippen molar-refractivity contribution in [3.8, 4) is 11.5 Å². The van der Waals surface area contributed by atoms with E-state index in [1.807, 2.05) is 20.8 Å². The van der Waals surface area contributed by atoms with Gasteiger partial charge in [-0.05, 0) is 81.6 Å². The molecule has 2 fully saturated rings. The van der Waals surface area contributed by atoms with Gasteiger partial charge in [-0.2, -0.15) is 0 Å². The van der Waals surface area contributed by atoms with E-state index in [0.717, 1.165) is 10.4 Å². The van der Waals surface area contributed by atoms with Crippen LogP contribution in [0.2, 0.25) is 0 Å². The molecule has 8 rings (SSSR count). The van der Waals surface area contributed by atoms with Crippen molar-refractivity contribution in [2.24, 2.45) is 23.0 Å². The Hall–Kier alpha value is -7.30. The number of methoxy groups -OCH3 is 2. The number of hydrogen-bond donors (Lipinski definition) is 11. The molecular weight excluding hydrogens is 1300 g/mol. The fraction of sp³-hybridized carbons (Fsp3) is 0.594. The number of nitrogens with one attached hydrogen (secondary N) is 7. The lowest BCUT2D eigenvalue weighted by atomic mass is 9.62. The summed E-state index contributed by atoms with van der Waals surface area (Å²) in [6.07, 6.45) is 0.289. The number of carbonyl (C=O) groups is 8. The standard InChI is InChI=1S/C64H88ClN9O21S/c1-34(2)50(71-33-90-26-11-9-8-10-25-74-44(75)29-43(65)96(74,86)87)57(81)73-40(14-13-21-69-61(66)83)56(80)72-38-18-16-37(17-19-38)32-92-62(84)70-23-22-68-60(82)64(85)30-39-46(52(77)47-48(51(39)76)55(79)63(5)20-12-15-41(88-6)49(63)53(47)78)42(31-64)94-45-28-35(3)54(36(4)93-45)95-58-59(89-7)91-27-24-67-58/h12,15-19,29,34-36,40,42,45,50,54,58-59,67,71,76-77,85H,8-11,13-14,20-28,30-33H2,1-7H3,(H,68,82)(H,70,84)(H,72,80)(H,73,81)(H3,66,69,83)/t35-,36-,40-,42-,45-,50-,54-,58+,59-,63?,64-/m0/s1. The van der Waals surface area contributed by atoms with Crippen LogP contribution in [0.25, 0.3) is 0 Å². The van der Waals surface area contributed by atoms with E-state index in [-0.39, 0.29) is 99.5 Å². The number of aromatic hydroxyl groups is 2. The van der Waals surface area contributed by atoms with Crippen LogP contribution in [-0.2, 0) is 80.1 Å². The molecule has 528 valence electrons. The number of rotatable bonds is 31. The lowest BCUT2D eigenvalue weighted by Crippen LogP contribution is -2.56. The van der Waals surface area contributed by atoms with Crippen molar-refractivity contribution in [3.63, 3.8) is 0 Å². The first-order chi connectivity index (χ1) is 45.6. The quantitative estimate of drug-likeness (QED) is 0.0292. The van der Waals surface area contributed by atoms with Crippen LogP contribution < -0.4 is 43.0 Å². The highest BCUT2D eigenvalue weighted by atomic mass is 35.5. The molecule has 30 nitrogen and oxygen atoms in total. The summed E-state index contributed by atoms with van der Waals surface area (Å²) in [5.41, 5.74) is 0.957. The van der Waals surface area contributed by atoms with Gasteiger partial charge in [-0.25, -0.2) is 22.3 Å². The molecule has 1 unspecified atom stereocenters. The zero-order chi connectivity index (χ0) is 69.8. The summed E-state index contributed by atoms with van der Waals surface area (Å²) in [4.78, 5) is 107. The van der Waals surface area contributed by atoms with E-state index >= 15 is 0 Å². The molecule has 0 saturated carbocycles. The Kier molecular flexibility index (Phi) is 25.5. The minimum absolute atomic E-state index is 0.00302. The molecule has 2 aromatic carbocycles. The molecule has 0 radical (unpaired) electrons. The molecule has 7 amide bonds. The molecule has 0 bridgehead atoms. The zero-order valence-electron chi connectivity index (χ0n) is 54.8. The summed E-state index contributed by atoms with van der Waals surface area (Å²) < 4.78 is 71.7. The van der Waals surface area contributed by atoms with E-state index < -0.39 is 157 Å². The number of carbonyl (C=O) groups excluding carboxylic acids is 8. The number of benzene rings is 2. The SMILES string of the molecule is COC1=C2C(=O)c3c(O)c4c(c(O)c3C(=O)C2(C)CC=C1)C[C@@](O)(C(=O)NCCNC(=O)OCc1ccc(NC(=O)[C@H](CCCNC(N)=O)NC(=O)[C@@H](NCOCCCCCCN2C(=O)C=C(Cl)S2(=O)=O)C(C)C)cc1)C[C@@H]4O[C@H]1C[C@H](C)[C@H](O[C@H]2NCCO[C@@H]2OC)[C@H](C)O1. The van der Waals surface area contributed by atoms with Gasteiger partial charge in [0.05, 0.1) is 66.9 Å². The number of urea groups is 1. The van der Waals surface area contributed by atoms with Gasteiger partial charge in [-0.3, -0.25) is 39.4 Å². The molecule has 3 heterocycles. The second-order valence-corrected chi connectivity index (χ2v) is 27.5. The summed E-state index contributed by atoms with van der Waals surface area (Å²) in [7, 11) is -1.11. The van der Waals surface area contributed by atoms with Crippen LogP contribution in [-0.4, -0.2) is 191 Å². The molecule has 11 atom stereocenters. The molecule has 3 aliphatic carbocycles. The van der Waals surface area contributed by atoms with E-state index in [0.29, 0.717) is 56.7 Å². The van der Waals surface area contributed by atoms with Crippen molar-refractivity contribution in [2.75, 3.05) is 72.2 Å². The number of phenols is 2. The Morgan fingerprint density at radius 2 is 1.66 bits per heavy atom. The maximum absolute atomic E-state index is 14.6. The average molecular weight is 1390 g/mol. The van der Waals surface area contributed by atoms with Gasteiger partial charge < -0.3 is 85.5 Å². The number of fused-ring (bicyclic) bond motifs is 3. The van der Waals surface area contributed by atoms with Gasteiger partial charge in [0.1, 0.15) is 35.5 Å². The number of unbranched alkanes of at least 4 members (excludes halogenated alkanes) is 3. The van der Waals surface area contributed by atoms with E-state index in [9.17, 15) is 62.1 Å². The number of alkyl carbamates (subject to hydrolysis) is 1. The fourth-order valence-corrected chi connectivity index (χ4v) is 14.1. The first-order valence-electron chi connectivity index (χ1n) is 32.0. The lowest BCUT2D eigenvalue weighted by Gasteiger charge is -2.45. The second kappa shape index (κ2) is 32.8. The second-order valence-electron chi connectivity index (χ2n) is 25.0. The van der Waals surface area contributed by atoms with Crippen LogP contribution in [0.3, 0.4) is 0 Å². The van der Waals surface area contributed by atoms with E-state index in [4.69, 9.17) is 55.2 Å². The molecule has 6 aliphatic rings. The average Bonchev–Trinajstić information content (AvgIpc) is 0.813. The number of sulfonamides is 1. The number of anilines is 1. The van der Waals surface area contributed by atoms with Crippen LogP contribution in [0.15, 0.2) is 58.2 Å². The molecule has 2 aromatic rings. The van der Waals surface area contributed by atoms with E-state index in [2.05, 4.69) is 37.2 Å². The van der Waals surface area contributed by atoms with Gasteiger partial charge in [0.2, 0.25) is 11.8 Å². The van der Waals surface area contributed by atoms with E-state index in [1.165, 1.54) is 21.1 Å². The Morgan fingerprint density at radius 1 is 0.927 bits per heavy atom. The number of morpholine rings is 1. The number of ketones is 2. The molecule has 0 spiro atoms. The Bertz CT molecular complexity index is 3430. The maximum Gasteiger partial charge on any atom is 0.407 e. The number of nitrogens with zero attached hydrogens (tertiary/aromatic N) is 1. The summed E-state index contributed by atoms with van der Waals surface area (Å²) in [6.45, 7) is 9.68. The molecule has 2 saturated heterocycles. The normalized spacial score (nSPS) is 25.8. The number of ether oxygens (including phenoxy) is 8.